The monoisotopic (exact) mass is 333 g/mol. The first kappa shape index (κ1) is 12.0. The smallest absolute Gasteiger partial charge is 0.147 e. The number of anilines is 1. The summed E-state index contributed by atoms with van der Waals surface area (Å²) < 4.78 is 0.922. The van der Waals surface area contributed by atoms with Crippen molar-refractivity contribution >= 4 is 28.4 Å². The van der Waals surface area contributed by atoms with E-state index in [-0.39, 0.29) is 6.61 Å². The molecule has 1 aliphatic rings. The second kappa shape index (κ2) is 5.77. The lowest BCUT2D eigenvalue weighted by molar-refractivity contribution is 0.244. The maximum atomic E-state index is 8.96. The van der Waals surface area contributed by atoms with E-state index in [0.29, 0.717) is 5.92 Å². The highest BCUT2D eigenvalue weighted by molar-refractivity contribution is 14.1. The average molecular weight is 333 g/mol. The van der Waals surface area contributed by atoms with Crippen LogP contribution in [0.3, 0.4) is 0 Å². The van der Waals surface area contributed by atoms with Crippen LogP contribution in [0.1, 0.15) is 19.3 Å². The van der Waals surface area contributed by atoms with Crippen molar-refractivity contribution in [2.24, 2.45) is 5.92 Å². The van der Waals surface area contributed by atoms with Crippen molar-refractivity contribution in [2.45, 2.75) is 19.3 Å². The van der Waals surface area contributed by atoms with E-state index >= 15 is 0 Å². The van der Waals surface area contributed by atoms with E-state index < -0.39 is 0 Å². The third kappa shape index (κ3) is 3.04. The molecule has 0 spiro atoms. The molecule has 88 valence electrons. The molecule has 4 nitrogen and oxygen atoms in total. The summed E-state index contributed by atoms with van der Waals surface area (Å²) in [7, 11) is 0. The Balaban J connectivity index is 2.01. The third-order valence-electron chi connectivity index (χ3n) is 2.99. The van der Waals surface area contributed by atoms with Crippen LogP contribution in [-0.2, 0) is 0 Å². The molecule has 1 saturated heterocycles. The highest BCUT2D eigenvalue weighted by Gasteiger charge is 2.20. The molecule has 1 fully saturated rings. The molecule has 0 aliphatic carbocycles. The number of aliphatic hydroxyl groups is 1. The Morgan fingerprint density at radius 2 is 2.31 bits per heavy atom. The predicted molar refractivity (Wildman–Crippen MR) is 71.4 cm³/mol. The van der Waals surface area contributed by atoms with Gasteiger partial charge >= 0.3 is 0 Å². The Bertz CT molecular complexity index is 329. The molecule has 16 heavy (non-hydrogen) atoms. The Morgan fingerprint density at radius 1 is 1.44 bits per heavy atom. The van der Waals surface area contributed by atoms with Gasteiger partial charge in [-0.2, -0.15) is 0 Å². The van der Waals surface area contributed by atoms with Gasteiger partial charge in [-0.15, -0.1) is 0 Å². The number of aromatic nitrogens is 2. The molecule has 0 aromatic carbocycles. The van der Waals surface area contributed by atoms with Crippen LogP contribution >= 0.6 is 22.6 Å². The summed E-state index contributed by atoms with van der Waals surface area (Å²) in [5.74, 6) is 1.56. The average Bonchev–Trinajstić information content (AvgIpc) is 2.31. The molecule has 2 rings (SSSR count). The highest BCUT2D eigenvalue weighted by Crippen LogP contribution is 2.22. The number of halogens is 1. The van der Waals surface area contributed by atoms with E-state index in [1.165, 1.54) is 12.8 Å². The Morgan fingerprint density at radius 3 is 3.00 bits per heavy atom. The molecule has 0 saturated carbocycles. The van der Waals surface area contributed by atoms with Crippen LogP contribution in [0.2, 0.25) is 0 Å². The minimum atomic E-state index is 0.289. The molecule has 1 unspecified atom stereocenters. The molecular formula is C11H16IN3O. The van der Waals surface area contributed by atoms with Gasteiger partial charge < -0.3 is 10.0 Å². The van der Waals surface area contributed by atoms with Crippen LogP contribution in [-0.4, -0.2) is 34.8 Å². The summed E-state index contributed by atoms with van der Waals surface area (Å²) in [5, 5.41) is 8.96. The van der Waals surface area contributed by atoms with Gasteiger partial charge in [-0.05, 0) is 47.8 Å². The summed E-state index contributed by atoms with van der Waals surface area (Å²) in [6.07, 6.45) is 6.93. The van der Waals surface area contributed by atoms with Crippen LogP contribution in [0, 0.1) is 9.62 Å². The lowest BCUT2D eigenvalue weighted by Crippen LogP contribution is -2.36. The van der Waals surface area contributed by atoms with Crippen molar-refractivity contribution in [2.75, 3.05) is 24.6 Å². The summed E-state index contributed by atoms with van der Waals surface area (Å²) in [6.45, 7) is 2.34. The number of piperidine rings is 1. The van der Waals surface area contributed by atoms with Gasteiger partial charge in [-0.3, -0.25) is 0 Å². The number of hydrogen-bond donors (Lipinski definition) is 1. The second-order valence-electron chi connectivity index (χ2n) is 4.16. The number of nitrogens with zero attached hydrogens (tertiary/aromatic N) is 3. The minimum Gasteiger partial charge on any atom is -0.396 e. The predicted octanol–water partition coefficient (Wildman–Crippen LogP) is 1.68. The summed E-state index contributed by atoms with van der Waals surface area (Å²) >= 11 is 2.16. The minimum absolute atomic E-state index is 0.289. The van der Waals surface area contributed by atoms with Crippen molar-refractivity contribution in [1.82, 2.24) is 9.97 Å². The topological polar surface area (TPSA) is 49.2 Å². The van der Waals surface area contributed by atoms with E-state index in [4.69, 9.17) is 5.11 Å². The standard InChI is InChI=1S/C11H16IN3O/c12-10-6-14-11(7-13-10)15-4-1-2-9(8-15)3-5-16/h6-7,9,16H,1-5,8H2. The second-order valence-corrected chi connectivity index (χ2v) is 5.27. The molecule has 1 aromatic rings. The van der Waals surface area contributed by atoms with Crippen molar-refractivity contribution in [3.63, 3.8) is 0 Å². The van der Waals surface area contributed by atoms with Crippen molar-refractivity contribution in [3.05, 3.63) is 16.1 Å². The zero-order valence-corrected chi connectivity index (χ0v) is 11.3. The molecule has 0 radical (unpaired) electrons. The van der Waals surface area contributed by atoms with E-state index in [0.717, 1.165) is 29.0 Å². The van der Waals surface area contributed by atoms with Gasteiger partial charge in [-0.25, -0.2) is 9.97 Å². The highest BCUT2D eigenvalue weighted by atomic mass is 127. The molecule has 0 amide bonds. The van der Waals surface area contributed by atoms with Crippen LogP contribution < -0.4 is 4.90 Å². The zero-order chi connectivity index (χ0) is 11.4. The van der Waals surface area contributed by atoms with Crippen LogP contribution in [0.4, 0.5) is 5.82 Å². The van der Waals surface area contributed by atoms with Crippen molar-refractivity contribution < 1.29 is 5.11 Å². The number of rotatable bonds is 3. The van der Waals surface area contributed by atoms with Crippen molar-refractivity contribution in [3.8, 4) is 0 Å². The summed E-state index contributed by atoms with van der Waals surface area (Å²) in [6, 6.07) is 0. The third-order valence-corrected chi connectivity index (χ3v) is 3.54. The zero-order valence-electron chi connectivity index (χ0n) is 9.14. The Hall–Kier alpha value is -0.430. The largest absolute Gasteiger partial charge is 0.396 e. The Kier molecular flexibility index (Phi) is 4.34. The lowest BCUT2D eigenvalue weighted by Gasteiger charge is -2.33. The van der Waals surface area contributed by atoms with Gasteiger partial charge in [0, 0.05) is 19.7 Å². The molecule has 5 heteroatoms. The van der Waals surface area contributed by atoms with Gasteiger partial charge in [0.2, 0.25) is 0 Å². The molecule has 1 N–H and O–H groups in total. The first-order valence-electron chi connectivity index (χ1n) is 5.63. The van der Waals surface area contributed by atoms with Crippen LogP contribution in [0.5, 0.6) is 0 Å². The normalized spacial score (nSPS) is 21.1. The SMILES string of the molecule is OCCC1CCCN(c2cnc(I)cn2)C1. The lowest BCUT2D eigenvalue weighted by atomic mass is 9.95. The maximum Gasteiger partial charge on any atom is 0.147 e. The first-order chi connectivity index (χ1) is 7.79. The van der Waals surface area contributed by atoms with Gasteiger partial charge in [0.1, 0.15) is 9.52 Å². The first-order valence-corrected chi connectivity index (χ1v) is 6.71. The van der Waals surface area contributed by atoms with E-state index in [9.17, 15) is 0 Å². The van der Waals surface area contributed by atoms with Gasteiger partial charge in [0.25, 0.3) is 0 Å². The Labute approximate surface area is 109 Å². The van der Waals surface area contributed by atoms with E-state index in [1.807, 2.05) is 6.20 Å². The molecular weight excluding hydrogens is 317 g/mol. The fraction of sp³-hybridized carbons (Fsp3) is 0.636. The van der Waals surface area contributed by atoms with Crippen molar-refractivity contribution in [1.29, 1.82) is 0 Å². The summed E-state index contributed by atoms with van der Waals surface area (Å²) in [4.78, 5) is 10.9. The maximum absolute atomic E-state index is 8.96. The quantitative estimate of drug-likeness (QED) is 0.855. The molecule has 0 bridgehead atoms. The molecule has 1 aromatic heterocycles. The molecule has 1 aliphatic heterocycles. The fourth-order valence-corrected chi connectivity index (χ4v) is 2.44. The number of hydrogen-bond acceptors (Lipinski definition) is 4. The van der Waals surface area contributed by atoms with E-state index in [2.05, 4.69) is 37.5 Å². The summed E-state index contributed by atoms with van der Waals surface area (Å²) in [5.41, 5.74) is 0. The molecule has 1 atom stereocenters. The van der Waals surface area contributed by atoms with Gasteiger partial charge in [-0.1, -0.05) is 0 Å². The van der Waals surface area contributed by atoms with Crippen LogP contribution in [0.25, 0.3) is 0 Å². The fourth-order valence-electron chi connectivity index (χ4n) is 2.16. The van der Waals surface area contributed by atoms with Gasteiger partial charge in [0.15, 0.2) is 0 Å². The number of aliphatic hydroxyl groups excluding tert-OH is 1. The van der Waals surface area contributed by atoms with E-state index in [1.54, 1.807) is 6.20 Å². The van der Waals surface area contributed by atoms with Gasteiger partial charge in [0.05, 0.1) is 12.4 Å². The molecule has 2 heterocycles. The van der Waals surface area contributed by atoms with Crippen LogP contribution in [0.15, 0.2) is 12.4 Å².